The molecule has 1 heterocycles. The van der Waals surface area contributed by atoms with Gasteiger partial charge in [-0.05, 0) is 24.1 Å². The fourth-order valence-electron chi connectivity index (χ4n) is 2.48. The molecule has 106 valence electrons. The van der Waals surface area contributed by atoms with Gasteiger partial charge in [0.1, 0.15) is 11.7 Å². The maximum Gasteiger partial charge on any atom is 0.318 e. The Morgan fingerprint density at radius 2 is 2.35 bits per heavy atom. The lowest BCUT2D eigenvalue weighted by Gasteiger charge is -2.19. The molecule has 5 heteroatoms. The van der Waals surface area contributed by atoms with Crippen LogP contribution < -0.4 is 5.32 Å². The molecule has 2 aliphatic rings. The Bertz CT molecular complexity index is 553. The predicted molar refractivity (Wildman–Crippen MR) is 70.8 cm³/mol. The van der Waals surface area contributed by atoms with Crippen LogP contribution in [-0.2, 0) is 14.3 Å². The lowest BCUT2D eigenvalue weighted by Crippen LogP contribution is -2.32. The third kappa shape index (κ3) is 2.60. The van der Waals surface area contributed by atoms with Crippen LogP contribution in [0.3, 0.4) is 0 Å². The van der Waals surface area contributed by atoms with E-state index in [2.05, 4.69) is 21.9 Å². The van der Waals surface area contributed by atoms with E-state index < -0.39 is 35.5 Å². The average Bonchev–Trinajstić information content (AvgIpc) is 2.71. The van der Waals surface area contributed by atoms with Gasteiger partial charge in [-0.25, -0.2) is 4.39 Å². The first-order valence-electron chi connectivity index (χ1n) is 6.51. The lowest BCUT2D eigenvalue weighted by molar-refractivity contribution is -0.150. The quantitative estimate of drug-likeness (QED) is 0.481. The molecule has 1 fully saturated rings. The maximum absolute atomic E-state index is 14.3. The molecule has 1 N–H and O–H groups in total. The summed E-state index contributed by atoms with van der Waals surface area (Å²) < 4.78 is 18.9. The van der Waals surface area contributed by atoms with Gasteiger partial charge in [0.2, 0.25) is 5.91 Å². The minimum atomic E-state index is -0.998. The number of carbonyl (C=O) groups excluding carboxylic acids is 2. The number of allylic oxidation sites excluding steroid dienone is 4. The minimum absolute atomic E-state index is 0.223. The molecule has 20 heavy (non-hydrogen) atoms. The molecule has 0 saturated carbocycles. The third-order valence-corrected chi connectivity index (χ3v) is 3.63. The first-order chi connectivity index (χ1) is 9.58. The average molecular weight is 277 g/mol. The molecule has 0 radical (unpaired) electrons. The molecular weight excluding hydrogens is 261 g/mol. The molecule has 2 unspecified atom stereocenters. The lowest BCUT2D eigenvalue weighted by atomic mass is 9.83. The molecule has 3 atom stereocenters. The van der Waals surface area contributed by atoms with Gasteiger partial charge in [0, 0.05) is 12.5 Å². The Hall–Kier alpha value is -2.09. The van der Waals surface area contributed by atoms with Crippen molar-refractivity contribution in [2.75, 3.05) is 13.7 Å². The summed E-state index contributed by atoms with van der Waals surface area (Å²) in [5.41, 5.74) is 0.796. The summed E-state index contributed by atoms with van der Waals surface area (Å²) in [4.78, 5) is 23.4. The number of methoxy groups -OCH3 is 1. The number of hydrogen-bond donors (Lipinski definition) is 1. The van der Waals surface area contributed by atoms with Gasteiger partial charge in [-0.2, -0.15) is 0 Å². The Morgan fingerprint density at radius 1 is 1.60 bits per heavy atom. The van der Waals surface area contributed by atoms with Crippen LogP contribution in [0.25, 0.3) is 0 Å². The molecule has 1 aliphatic carbocycles. The number of nitrogens with one attached hydrogen (secondary N) is 1. The van der Waals surface area contributed by atoms with Crippen molar-refractivity contribution >= 4 is 11.9 Å². The van der Waals surface area contributed by atoms with Crippen molar-refractivity contribution in [3.63, 3.8) is 0 Å². The maximum atomic E-state index is 14.3. The highest BCUT2D eigenvalue weighted by atomic mass is 19.1. The fourth-order valence-corrected chi connectivity index (χ4v) is 2.48. The van der Waals surface area contributed by atoms with Gasteiger partial charge in [0.15, 0.2) is 0 Å². The summed E-state index contributed by atoms with van der Waals surface area (Å²) in [6.07, 6.45) is 3.77. The predicted octanol–water partition coefficient (Wildman–Crippen LogP) is 1.34. The first kappa shape index (κ1) is 14.3. The van der Waals surface area contributed by atoms with E-state index in [1.807, 2.05) is 6.92 Å². The van der Waals surface area contributed by atoms with E-state index in [0.717, 1.165) is 5.57 Å². The molecule has 0 spiro atoms. The molecule has 0 bridgehead atoms. The SMILES string of the molecule is CCC1=CC#CC(C2CNC(=O)[C@H]2C(=O)OC)C(F)=C1. The minimum Gasteiger partial charge on any atom is -0.468 e. The molecule has 0 aromatic rings. The van der Waals surface area contributed by atoms with Crippen molar-refractivity contribution in [2.45, 2.75) is 13.3 Å². The van der Waals surface area contributed by atoms with Gasteiger partial charge >= 0.3 is 5.97 Å². The van der Waals surface area contributed by atoms with Crippen LogP contribution in [-0.4, -0.2) is 25.5 Å². The number of esters is 1. The van der Waals surface area contributed by atoms with Gasteiger partial charge in [-0.3, -0.25) is 9.59 Å². The van der Waals surface area contributed by atoms with Crippen molar-refractivity contribution in [1.29, 1.82) is 0 Å². The molecule has 1 saturated heterocycles. The van der Waals surface area contributed by atoms with Crippen molar-refractivity contribution in [2.24, 2.45) is 17.8 Å². The van der Waals surface area contributed by atoms with Crippen LogP contribution in [0.1, 0.15) is 13.3 Å². The third-order valence-electron chi connectivity index (χ3n) is 3.63. The summed E-state index contributed by atoms with van der Waals surface area (Å²) in [7, 11) is 1.21. The van der Waals surface area contributed by atoms with Crippen molar-refractivity contribution in [3.8, 4) is 11.8 Å². The van der Waals surface area contributed by atoms with Gasteiger partial charge in [-0.15, -0.1) is 0 Å². The van der Waals surface area contributed by atoms with Gasteiger partial charge < -0.3 is 10.1 Å². The molecular formula is C15H16FNO3. The van der Waals surface area contributed by atoms with E-state index in [0.29, 0.717) is 6.42 Å². The standard InChI is InChI=1S/C15H16FNO3/c1-3-9-5-4-6-10(12(16)7-9)11-8-17-14(18)13(11)15(19)20-2/h5,7,10-11,13H,3,8H2,1-2H3,(H,17,18)/t10?,11?,13-/m0/s1. The molecule has 4 nitrogen and oxygen atoms in total. The van der Waals surface area contributed by atoms with Gasteiger partial charge in [0.25, 0.3) is 0 Å². The second-order valence-electron chi connectivity index (χ2n) is 4.78. The number of rotatable bonds is 3. The van der Waals surface area contributed by atoms with Gasteiger partial charge in [0.05, 0.1) is 13.0 Å². The highest BCUT2D eigenvalue weighted by Crippen LogP contribution is 2.33. The van der Waals surface area contributed by atoms with Crippen LogP contribution in [0.5, 0.6) is 0 Å². The summed E-state index contributed by atoms with van der Waals surface area (Å²) in [5, 5.41) is 2.58. The second-order valence-corrected chi connectivity index (χ2v) is 4.78. The zero-order chi connectivity index (χ0) is 14.7. The zero-order valence-corrected chi connectivity index (χ0v) is 11.4. The first-order valence-corrected chi connectivity index (χ1v) is 6.51. The molecule has 2 rings (SSSR count). The van der Waals surface area contributed by atoms with Crippen LogP contribution in [0, 0.1) is 29.6 Å². The van der Waals surface area contributed by atoms with E-state index in [9.17, 15) is 14.0 Å². The largest absolute Gasteiger partial charge is 0.468 e. The Labute approximate surface area is 117 Å². The number of ether oxygens (including phenoxy) is 1. The fraction of sp³-hybridized carbons (Fsp3) is 0.467. The monoisotopic (exact) mass is 277 g/mol. The summed E-state index contributed by atoms with van der Waals surface area (Å²) >= 11 is 0. The number of hydrogen-bond acceptors (Lipinski definition) is 3. The van der Waals surface area contributed by atoms with E-state index in [1.54, 1.807) is 6.08 Å². The Kier molecular flexibility index (Phi) is 4.23. The molecule has 1 aliphatic heterocycles. The topological polar surface area (TPSA) is 55.4 Å². The van der Waals surface area contributed by atoms with Crippen LogP contribution in [0.4, 0.5) is 4.39 Å². The van der Waals surface area contributed by atoms with Crippen LogP contribution in [0.15, 0.2) is 23.6 Å². The van der Waals surface area contributed by atoms with Gasteiger partial charge in [-0.1, -0.05) is 18.8 Å². The van der Waals surface area contributed by atoms with E-state index in [1.165, 1.54) is 13.2 Å². The number of carbonyl (C=O) groups is 2. The van der Waals surface area contributed by atoms with Crippen molar-refractivity contribution in [1.82, 2.24) is 5.32 Å². The molecule has 0 aromatic heterocycles. The van der Waals surface area contributed by atoms with Crippen molar-refractivity contribution in [3.05, 3.63) is 23.6 Å². The smallest absolute Gasteiger partial charge is 0.318 e. The highest BCUT2D eigenvalue weighted by Gasteiger charge is 2.46. The van der Waals surface area contributed by atoms with E-state index >= 15 is 0 Å². The number of halogens is 1. The molecule has 1 amide bonds. The van der Waals surface area contributed by atoms with E-state index in [4.69, 9.17) is 0 Å². The summed E-state index contributed by atoms with van der Waals surface area (Å²) in [6.45, 7) is 2.14. The van der Waals surface area contributed by atoms with Crippen LogP contribution >= 0.6 is 0 Å². The van der Waals surface area contributed by atoms with Crippen LogP contribution in [0.2, 0.25) is 0 Å². The number of amides is 1. The summed E-state index contributed by atoms with van der Waals surface area (Å²) in [5.74, 6) is 1.82. The zero-order valence-electron chi connectivity index (χ0n) is 11.4. The second kappa shape index (κ2) is 5.91. The van der Waals surface area contributed by atoms with E-state index in [-0.39, 0.29) is 6.54 Å². The highest BCUT2D eigenvalue weighted by molar-refractivity contribution is 5.99. The Balaban J connectivity index is 2.29. The normalized spacial score (nSPS) is 28.6. The molecule has 0 aromatic carbocycles. The van der Waals surface area contributed by atoms with Crippen molar-refractivity contribution < 1.29 is 18.7 Å². The summed E-state index contributed by atoms with van der Waals surface area (Å²) in [6, 6.07) is 0. The Morgan fingerprint density at radius 3 is 3.00 bits per heavy atom.